The van der Waals surface area contributed by atoms with Crippen molar-refractivity contribution in [3.63, 3.8) is 0 Å². The molecule has 2 heterocycles. The van der Waals surface area contributed by atoms with Gasteiger partial charge in [-0.05, 0) is 26.0 Å². The highest BCUT2D eigenvalue weighted by atomic mass is 16.5. The normalized spacial score (nSPS) is 22.2. The van der Waals surface area contributed by atoms with Gasteiger partial charge in [0.25, 0.3) is 0 Å². The maximum Gasteiger partial charge on any atom is 0.117 e. The van der Waals surface area contributed by atoms with Gasteiger partial charge in [0.05, 0.1) is 25.5 Å². The first kappa shape index (κ1) is 12.6. The average Bonchev–Trinajstić information content (AvgIpc) is 2.82. The minimum atomic E-state index is 0.293. The molecule has 2 rings (SSSR count). The van der Waals surface area contributed by atoms with Gasteiger partial charge in [-0.15, -0.1) is 0 Å². The summed E-state index contributed by atoms with van der Waals surface area (Å²) in [6, 6.07) is 4.50. The van der Waals surface area contributed by atoms with E-state index in [1.807, 2.05) is 12.1 Å². The summed E-state index contributed by atoms with van der Waals surface area (Å²) >= 11 is 0. The Morgan fingerprint density at radius 2 is 2.41 bits per heavy atom. The van der Waals surface area contributed by atoms with Crippen molar-refractivity contribution in [1.29, 1.82) is 0 Å². The summed E-state index contributed by atoms with van der Waals surface area (Å²) in [6.07, 6.45) is 2.00. The maximum atomic E-state index is 5.74. The number of rotatable bonds is 5. The average molecular weight is 238 g/mol. The highest BCUT2D eigenvalue weighted by Gasteiger charge is 2.21. The summed E-state index contributed by atoms with van der Waals surface area (Å²) < 4.78 is 11.0. The molecular formula is C13H22N2O2. The van der Waals surface area contributed by atoms with Crippen molar-refractivity contribution in [2.24, 2.45) is 0 Å². The molecule has 1 aliphatic rings. The van der Waals surface area contributed by atoms with E-state index in [1.54, 1.807) is 6.26 Å². The zero-order valence-corrected chi connectivity index (χ0v) is 10.7. The largest absolute Gasteiger partial charge is 0.468 e. The van der Waals surface area contributed by atoms with Crippen LogP contribution in [0.4, 0.5) is 0 Å². The molecule has 4 heteroatoms. The molecule has 4 nitrogen and oxygen atoms in total. The van der Waals surface area contributed by atoms with Crippen LogP contribution in [-0.2, 0) is 11.3 Å². The van der Waals surface area contributed by atoms with E-state index in [2.05, 4.69) is 24.1 Å². The zero-order chi connectivity index (χ0) is 12.1. The molecule has 96 valence electrons. The predicted molar refractivity (Wildman–Crippen MR) is 66.9 cm³/mol. The molecule has 17 heavy (non-hydrogen) atoms. The van der Waals surface area contributed by atoms with Crippen LogP contribution in [0.25, 0.3) is 0 Å². The molecule has 0 amide bonds. The lowest BCUT2D eigenvalue weighted by Gasteiger charge is -2.35. The molecule has 0 aromatic carbocycles. The summed E-state index contributed by atoms with van der Waals surface area (Å²) in [7, 11) is 0. The lowest BCUT2D eigenvalue weighted by Crippen LogP contribution is -2.48. The van der Waals surface area contributed by atoms with Gasteiger partial charge in [-0.3, -0.25) is 4.90 Å². The van der Waals surface area contributed by atoms with Crippen molar-refractivity contribution in [2.75, 3.05) is 26.2 Å². The van der Waals surface area contributed by atoms with Gasteiger partial charge in [0.2, 0.25) is 0 Å². The highest BCUT2D eigenvalue weighted by molar-refractivity contribution is 4.97. The van der Waals surface area contributed by atoms with Crippen LogP contribution in [-0.4, -0.2) is 43.3 Å². The summed E-state index contributed by atoms with van der Waals surface area (Å²) in [5.41, 5.74) is 0. The first-order valence-electron chi connectivity index (χ1n) is 6.34. The molecule has 0 spiro atoms. The van der Waals surface area contributed by atoms with E-state index in [4.69, 9.17) is 9.15 Å². The van der Waals surface area contributed by atoms with E-state index in [1.165, 1.54) is 0 Å². The van der Waals surface area contributed by atoms with Crippen molar-refractivity contribution in [1.82, 2.24) is 10.2 Å². The Hall–Kier alpha value is -0.840. The quantitative estimate of drug-likeness (QED) is 0.843. The van der Waals surface area contributed by atoms with Gasteiger partial charge < -0.3 is 14.5 Å². The zero-order valence-electron chi connectivity index (χ0n) is 10.7. The van der Waals surface area contributed by atoms with Gasteiger partial charge >= 0.3 is 0 Å². The number of furan rings is 1. The van der Waals surface area contributed by atoms with E-state index in [-0.39, 0.29) is 0 Å². The summed E-state index contributed by atoms with van der Waals surface area (Å²) in [6.45, 7) is 9.02. The fourth-order valence-electron chi connectivity index (χ4n) is 2.10. The van der Waals surface area contributed by atoms with Crippen LogP contribution in [0.3, 0.4) is 0 Å². The molecule has 0 radical (unpaired) electrons. The molecular weight excluding hydrogens is 216 g/mol. The minimum absolute atomic E-state index is 0.293. The third kappa shape index (κ3) is 3.84. The molecule has 1 atom stereocenters. The summed E-state index contributed by atoms with van der Waals surface area (Å²) in [4.78, 5) is 2.46. The topological polar surface area (TPSA) is 37.6 Å². The number of hydrogen-bond acceptors (Lipinski definition) is 4. The van der Waals surface area contributed by atoms with Gasteiger partial charge in [-0.2, -0.15) is 0 Å². The smallest absolute Gasteiger partial charge is 0.117 e. The molecule has 1 aliphatic heterocycles. The Morgan fingerprint density at radius 3 is 3.12 bits per heavy atom. The number of ether oxygens (including phenoxy) is 1. The van der Waals surface area contributed by atoms with Crippen LogP contribution >= 0.6 is 0 Å². The first-order valence-corrected chi connectivity index (χ1v) is 6.34. The van der Waals surface area contributed by atoms with E-state index in [0.717, 1.165) is 38.5 Å². The second kappa shape index (κ2) is 6.19. The molecule has 1 aromatic heterocycles. The third-order valence-corrected chi connectivity index (χ3v) is 3.15. The minimum Gasteiger partial charge on any atom is -0.468 e. The van der Waals surface area contributed by atoms with Gasteiger partial charge in [0.1, 0.15) is 5.76 Å². The van der Waals surface area contributed by atoms with Crippen LogP contribution in [0.5, 0.6) is 0 Å². The maximum absolute atomic E-state index is 5.74. The molecule has 1 aromatic rings. The van der Waals surface area contributed by atoms with Gasteiger partial charge in [0, 0.05) is 25.7 Å². The number of nitrogens with one attached hydrogen (secondary N) is 1. The Balaban J connectivity index is 1.68. The summed E-state index contributed by atoms with van der Waals surface area (Å²) in [5, 5.41) is 3.37. The SMILES string of the molecule is CC(C)N1CCOC(CNCc2ccco2)C1. The molecule has 1 unspecified atom stereocenters. The molecule has 0 aliphatic carbocycles. The first-order chi connectivity index (χ1) is 8.25. The lowest BCUT2D eigenvalue weighted by molar-refractivity contribution is -0.0373. The second-order valence-electron chi connectivity index (χ2n) is 4.79. The number of hydrogen-bond donors (Lipinski definition) is 1. The fraction of sp³-hybridized carbons (Fsp3) is 0.692. The molecule has 0 bridgehead atoms. The highest BCUT2D eigenvalue weighted by Crippen LogP contribution is 2.08. The fourth-order valence-corrected chi connectivity index (χ4v) is 2.10. The second-order valence-corrected chi connectivity index (χ2v) is 4.79. The Bertz CT molecular complexity index is 311. The van der Waals surface area contributed by atoms with Crippen LogP contribution in [0.1, 0.15) is 19.6 Å². The van der Waals surface area contributed by atoms with Gasteiger partial charge in [-0.1, -0.05) is 0 Å². The van der Waals surface area contributed by atoms with E-state index < -0.39 is 0 Å². The van der Waals surface area contributed by atoms with Crippen LogP contribution in [0.15, 0.2) is 22.8 Å². The van der Waals surface area contributed by atoms with Crippen molar-refractivity contribution in [3.05, 3.63) is 24.2 Å². The van der Waals surface area contributed by atoms with Crippen LogP contribution in [0, 0.1) is 0 Å². The Kier molecular flexibility index (Phi) is 4.59. The van der Waals surface area contributed by atoms with Gasteiger partial charge in [0.15, 0.2) is 0 Å². The van der Waals surface area contributed by atoms with Crippen LogP contribution < -0.4 is 5.32 Å². The van der Waals surface area contributed by atoms with Crippen LogP contribution in [0.2, 0.25) is 0 Å². The van der Waals surface area contributed by atoms with Gasteiger partial charge in [-0.25, -0.2) is 0 Å². The van der Waals surface area contributed by atoms with E-state index in [0.29, 0.717) is 12.1 Å². The van der Waals surface area contributed by atoms with E-state index in [9.17, 15) is 0 Å². The number of nitrogens with zero attached hydrogens (tertiary/aromatic N) is 1. The standard InChI is InChI=1S/C13H22N2O2/c1-11(2)15-5-7-17-13(10-15)9-14-8-12-4-3-6-16-12/h3-4,6,11,13-14H,5,7-10H2,1-2H3. The molecule has 1 fully saturated rings. The Labute approximate surface area is 103 Å². The monoisotopic (exact) mass is 238 g/mol. The number of morpholine rings is 1. The molecule has 0 saturated carbocycles. The molecule has 1 saturated heterocycles. The lowest BCUT2D eigenvalue weighted by atomic mass is 10.2. The van der Waals surface area contributed by atoms with E-state index >= 15 is 0 Å². The van der Waals surface area contributed by atoms with Crippen molar-refractivity contribution < 1.29 is 9.15 Å². The third-order valence-electron chi connectivity index (χ3n) is 3.15. The van der Waals surface area contributed by atoms with Crippen molar-refractivity contribution in [2.45, 2.75) is 32.5 Å². The predicted octanol–water partition coefficient (Wildman–Crippen LogP) is 1.48. The van der Waals surface area contributed by atoms with Crippen molar-refractivity contribution >= 4 is 0 Å². The summed E-state index contributed by atoms with van der Waals surface area (Å²) in [5.74, 6) is 0.974. The Morgan fingerprint density at radius 1 is 1.53 bits per heavy atom. The van der Waals surface area contributed by atoms with Crippen molar-refractivity contribution in [3.8, 4) is 0 Å². The molecule has 1 N–H and O–H groups in total.